The van der Waals surface area contributed by atoms with Crippen molar-refractivity contribution in [1.29, 1.82) is 0 Å². The first-order valence-electron chi connectivity index (χ1n) is 5.10. The van der Waals surface area contributed by atoms with E-state index >= 15 is 0 Å². The van der Waals surface area contributed by atoms with Gasteiger partial charge in [0.05, 0.1) is 17.1 Å². The van der Waals surface area contributed by atoms with Gasteiger partial charge in [-0.2, -0.15) is 0 Å². The van der Waals surface area contributed by atoms with Crippen LogP contribution in [0.4, 0.5) is 10.1 Å². The fraction of sp³-hybridized carbons (Fsp3) is 0.100. The Balaban J connectivity index is 2.18. The first-order valence-corrected chi connectivity index (χ1v) is 7.46. The number of thiazole rings is 1. The average molecular weight is 303 g/mol. The number of hydrogen-bond acceptors (Lipinski definition) is 5. The minimum atomic E-state index is -3.80. The number of nitrogens with two attached hydrogens (primary N) is 1. The van der Waals surface area contributed by atoms with Crippen LogP contribution in [0.15, 0.2) is 33.3 Å². The number of aromatic amines is 1. The maximum absolute atomic E-state index is 13.0. The van der Waals surface area contributed by atoms with Gasteiger partial charge in [-0.1, -0.05) is 11.3 Å². The number of H-pyrrole nitrogens is 1. The van der Waals surface area contributed by atoms with Gasteiger partial charge in [-0.3, -0.25) is 4.79 Å². The second-order valence-electron chi connectivity index (χ2n) is 3.68. The third-order valence-corrected chi connectivity index (χ3v) is 4.42. The fourth-order valence-electron chi connectivity index (χ4n) is 1.35. The number of aromatic nitrogens is 1. The first-order chi connectivity index (χ1) is 8.88. The predicted molar refractivity (Wildman–Crippen MR) is 69.8 cm³/mol. The molecule has 19 heavy (non-hydrogen) atoms. The lowest BCUT2D eigenvalue weighted by Gasteiger charge is -2.06. The molecular formula is C10H10FN3O3S2. The van der Waals surface area contributed by atoms with Crippen molar-refractivity contribution in [2.24, 2.45) is 0 Å². The number of hydrogen-bond donors (Lipinski definition) is 3. The molecule has 1 heterocycles. The van der Waals surface area contributed by atoms with Gasteiger partial charge < -0.3 is 10.7 Å². The van der Waals surface area contributed by atoms with Crippen LogP contribution < -0.4 is 15.3 Å². The van der Waals surface area contributed by atoms with E-state index in [2.05, 4.69) is 9.71 Å². The summed E-state index contributed by atoms with van der Waals surface area (Å²) in [6, 6.07) is 3.13. The Bertz CT molecular complexity index is 751. The smallest absolute Gasteiger partial charge is 0.304 e. The minimum Gasteiger partial charge on any atom is -0.396 e. The maximum Gasteiger partial charge on any atom is 0.304 e. The Morgan fingerprint density at radius 2 is 2.16 bits per heavy atom. The highest BCUT2D eigenvalue weighted by atomic mass is 32.2. The summed E-state index contributed by atoms with van der Waals surface area (Å²) in [5, 5.41) is 1.52. The number of nitrogens with one attached hydrogen (secondary N) is 2. The summed E-state index contributed by atoms with van der Waals surface area (Å²) in [5.74, 6) is -0.680. The van der Waals surface area contributed by atoms with Crippen molar-refractivity contribution in [3.63, 3.8) is 0 Å². The molecule has 0 spiro atoms. The molecule has 1 aromatic carbocycles. The van der Waals surface area contributed by atoms with Crippen molar-refractivity contribution < 1.29 is 12.8 Å². The van der Waals surface area contributed by atoms with Gasteiger partial charge in [0.15, 0.2) is 0 Å². The summed E-state index contributed by atoms with van der Waals surface area (Å²) in [5.41, 5.74) is 5.52. The van der Waals surface area contributed by atoms with Crippen LogP contribution in [-0.2, 0) is 16.6 Å². The Morgan fingerprint density at radius 1 is 1.42 bits per heavy atom. The number of halogens is 1. The molecule has 9 heteroatoms. The van der Waals surface area contributed by atoms with Gasteiger partial charge in [0.1, 0.15) is 5.82 Å². The molecule has 0 amide bonds. The Kier molecular flexibility index (Phi) is 3.69. The standard InChI is InChI=1S/C10H10FN3O3S2/c11-8-2-1-7(3-9(8)12)19(16,17)13-4-6-5-18-10(15)14-6/h1-3,5,13H,4,12H2,(H,14,15). The van der Waals surface area contributed by atoms with Gasteiger partial charge in [-0.25, -0.2) is 17.5 Å². The molecule has 2 rings (SSSR count). The summed E-state index contributed by atoms with van der Waals surface area (Å²) < 4.78 is 39.0. The predicted octanol–water partition coefficient (Wildman–Crippen LogP) is 0.636. The molecule has 0 saturated heterocycles. The van der Waals surface area contributed by atoms with Crippen molar-refractivity contribution in [2.75, 3.05) is 5.73 Å². The number of rotatable bonds is 4. The van der Waals surface area contributed by atoms with E-state index in [1.54, 1.807) is 0 Å². The van der Waals surface area contributed by atoms with Crippen LogP contribution in [0.2, 0.25) is 0 Å². The molecule has 1 aromatic heterocycles. The van der Waals surface area contributed by atoms with E-state index in [0.29, 0.717) is 5.69 Å². The van der Waals surface area contributed by atoms with Crippen molar-refractivity contribution >= 4 is 27.0 Å². The van der Waals surface area contributed by atoms with Gasteiger partial charge in [0.2, 0.25) is 10.0 Å². The van der Waals surface area contributed by atoms with Crippen LogP contribution in [0.25, 0.3) is 0 Å². The van der Waals surface area contributed by atoms with Crippen LogP contribution in [0, 0.1) is 5.82 Å². The van der Waals surface area contributed by atoms with Crippen molar-refractivity contribution in [3.8, 4) is 0 Å². The summed E-state index contributed by atoms with van der Waals surface area (Å²) >= 11 is 0.940. The summed E-state index contributed by atoms with van der Waals surface area (Å²) in [4.78, 5) is 13.0. The van der Waals surface area contributed by atoms with Crippen LogP contribution in [0.3, 0.4) is 0 Å². The summed E-state index contributed by atoms with van der Waals surface area (Å²) in [7, 11) is -3.80. The third-order valence-electron chi connectivity index (χ3n) is 2.30. The highest BCUT2D eigenvalue weighted by molar-refractivity contribution is 7.89. The molecular weight excluding hydrogens is 293 g/mol. The highest BCUT2D eigenvalue weighted by Crippen LogP contribution is 2.16. The zero-order chi connectivity index (χ0) is 14.0. The van der Waals surface area contributed by atoms with E-state index in [9.17, 15) is 17.6 Å². The van der Waals surface area contributed by atoms with E-state index in [1.165, 1.54) is 5.38 Å². The molecule has 2 aromatic rings. The first kappa shape index (κ1) is 13.7. The molecule has 0 aliphatic heterocycles. The Morgan fingerprint density at radius 3 is 2.74 bits per heavy atom. The maximum atomic E-state index is 13.0. The molecule has 0 aliphatic carbocycles. The number of nitrogen functional groups attached to an aromatic ring is 1. The van der Waals surface area contributed by atoms with E-state index in [1.807, 2.05) is 0 Å². The molecule has 0 fully saturated rings. The van der Waals surface area contributed by atoms with Gasteiger partial charge in [-0.15, -0.1) is 0 Å². The molecule has 0 radical (unpaired) electrons. The van der Waals surface area contributed by atoms with Gasteiger partial charge in [0, 0.05) is 11.1 Å². The topological polar surface area (TPSA) is 105 Å². The third kappa shape index (κ3) is 3.19. The van der Waals surface area contributed by atoms with Crippen LogP contribution in [-0.4, -0.2) is 13.4 Å². The fourth-order valence-corrected chi connectivity index (χ4v) is 2.97. The van der Waals surface area contributed by atoms with Crippen LogP contribution in [0.1, 0.15) is 5.69 Å². The lowest BCUT2D eigenvalue weighted by Crippen LogP contribution is -2.23. The molecule has 102 valence electrons. The van der Waals surface area contributed by atoms with Gasteiger partial charge in [0.25, 0.3) is 0 Å². The molecule has 0 bridgehead atoms. The zero-order valence-electron chi connectivity index (χ0n) is 9.51. The largest absolute Gasteiger partial charge is 0.396 e. The van der Waals surface area contributed by atoms with Crippen LogP contribution in [0.5, 0.6) is 0 Å². The monoisotopic (exact) mass is 303 g/mol. The van der Waals surface area contributed by atoms with E-state index in [0.717, 1.165) is 29.5 Å². The highest BCUT2D eigenvalue weighted by Gasteiger charge is 2.15. The van der Waals surface area contributed by atoms with E-state index in [4.69, 9.17) is 5.73 Å². The minimum absolute atomic E-state index is 0.0572. The second-order valence-corrected chi connectivity index (χ2v) is 6.29. The molecule has 6 nitrogen and oxygen atoms in total. The molecule has 0 saturated carbocycles. The zero-order valence-corrected chi connectivity index (χ0v) is 11.1. The summed E-state index contributed by atoms with van der Waals surface area (Å²) in [6.07, 6.45) is 0. The Labute approximate surface area is 112 Å². The van der Waals surface area contributed by atoms with Crippen LogP contribution >= 0.6 is 11.3 Å². The van der Waals surface area contributed by atoms with Crippen molar-refractivity contribution in [1.82, 2.24) is 9.71 Å². The number of sulfonamides is 1. The molecule has 0 aliphatic rings. The normalized spacial score (nSPS) is 11.6. The quantitative estimate of drug-likeness (QED) is 0.721. The average Bonchev–Trinajstić information content (AvgIpc) is 2.76. The van der Waals surface area contributed by atoms with E-state index in [-0.39, 0.29) is 22.0 Å². The molecule has 0 unspecified atom stereocenters. The molecule has 0 atom stereocenters. The molecule has 4 N–H and O–H groups in total. The number of anilines is 1. The summed E-state index contributed by atoms with van der Waals surface area (Å²) in [6.45, 7) is -0.0572. The van der Waals surface area contributed by atoms with Crippen molar-refractivity contribution in [2.45, 2.75) is 11.4 Å². The van der Waals surface area contributed by atoms with Gasteiger partial charge in [-0.05, 0) is 18.2 Å². The Hall–Kier alpha value is -1.71. The lowest BCUT2D eigenvalue weighted by molar-refractivity contribution is 0.580. The second kappa shape index (κ2) is 5.11. The number of benzene rings is 1. The van der Waals surface area contributed by atoms with Gasteiger partial charge >= 0.3 is 4.87 Å². The lowest BCUT2D eigenvalue weighted by atomic mass is 10.3. The van der Waals surface area contributed by atoms with Crippen molar-refractivity contribution in [3.05, 3.63) is 44.8 Å². The van der Waals surface area contributed by atoms with E-state index < -0.39 is 15.8 Å². The SMILES string of the molecule is Nc1cc(S(=O)(=O)NCc2csc(=O)[nH]2)ccc1F.